The van der Waals surface area contributed by atoms with Crippen LogP contribution in [-0.4, -0.2) is 34.4 Å². The van der Waals surface area contributed by atoms with Gasteiger partial charge in [-0.3, -0.25) is 9.48 Å². The fourth-order valence-corrected chi connectivity index (χ4v) is 1.65. The Labute approximate surface area is 101 Å². The second-order valence-electron chi connectivity index (χ2n) is 4.33. The van der Waals surface area contributed by atoms with E-state index in [9.17, 15) is 4.79 Å². The van der Waals surface area contributed by atoms with Gasteiger partial charge in [-0.1, -0.05) is 6.92 Å². The Morgan fingerprint density at radius 2 is 2.35 bits per heavy atom. The molecule has 17 heavy (non-hydrogen) atoms. The van der Waals surface area contributed by atoms with Crippen molar-refractivity contribution in [1.82, 2.24) is 14.8 Å². The number of nitrogens with zero attached hydrogens (tertiary/aromatic N) is 3. The van der Waals surface area contributed by atoms with Crippen LogP contribution in [0.3, 0.4) is 0 Å². The SMILES string of the molecule is CCCn1ncnc1CC(C)(CN)C(=O)OC. The maximum atomic E-state index is 11.7. The average Bonchev–Trinajstić information content (AvgIpc) is 2.75. The van der Waals surface area contributed by atoms with Crippen LogP contribution in [0.25, 0.3) is 0 Å². The summed E-state index contributed by atoms with van der Waals surface area (Å²) in [4.78, 5) is 15.9. The number of rotatable bonds is 6. The summed E-state index contributed by atoms with van der Waals surface area (Å²) < 4.78 is 6.58. The number of hydrogen-bond donors (Lipinski definition) is 1. The molecule has 0 aromatic carbocycles. The number of aryl methyl sites for hydroxylation is 1. The lowest BCUT2D eigenvalue weighted by Gasteiger charge is -2.24. The second kappa shape index (κ2) is 5.77. The van der Waals surface area contributed by atoms with Crippen LogP contribution in [0.15, 0.2) is 6.33 Å². The predicted molar refractivity (Wildman–Crippen MR) is 63.2 cm³/mol. The van der Waals surface area contributed by atoms with Gasteiger partial charge in [0, 0.05) is 19.5 Å². The Hall–Kier alpha value is -1.43. The quantitative estimate of drug-likeness (QED) is 0.726. The molecule has 1 unspecified atom stereocenters. The molecule has 0 saturated heterocycles. The van der Waals surface area contributed by atoms with Crippen molar-refractivity contribution in [3.8, 4) is 0 Å². The summed E-state index contributed by atoms with van der Waals surface area (Å²) in [5, 5.41) is 4.12. The Morgan fingerprint density at radius 3 is 2.88 bits per heavy atom. The molecular weight excluding hydrogens is 220 g/mol. The zero-order chi connectivity index (χ0) is 12.9. The van der Waals surface area contributed by atoms with Crippen LogP contribution in [0.2, 0.25) is 0 Å². The lowest BCUT2D eigenvalue weighted by atomic mass is 9.86. The fraction of sp³-hybridized carbons (Fsp3) is 0.727. The van der Waals surface area contributed by atoms with Crippen molar-refractivity contribution in [3.05, 3.63) is 12.2 Å². The number of ether oxygens (including phenoxy) is 1. The minimum Gasteiger partial charge on any atom is -0.469 e. The number of aromatic nitrogens is 3. The molecule has 0 saturated carbocycles. The third kappa shape index (κ3) is 3.03. The first kappa shape index (κ1) is 13.6. The van der Waals surface area contributed by atoms with E-state index in [1.165, 1.54) is 13.4 Å². The molecule has 1 aromatic rings. The van der Waals surface area contributed by atoms with Crippen LogP contribution < -0.4 is 5.73 Å². The van der Waals surface area contributed by atoms with E-state index in [-0.39, 0.29) is 12.5 Å². The molecule has 0 fully saturated rings. The van der Waals surface area contributed by atoms with Gasteiger partial charge in [0.05, 0.1) is 12.5 Å². The molecule has 0 spiro atoms. The van der Waals surface area contributed by atoms with Gasteiger partial charge in [0.2, 0.25) is 0 Å². The van der Waals surface area contributed by atoms with E-state index in [2.05, 4.69) is 17.0 Å². The molecule has 6 heteroatoms. The van der Waals surface area contributed by atoms with Gasteiger partial charge in [-0.05, 0) is 13.3 Å². The van der Waals surface area contributed by atoms with Gasteiger partial charge in [0.1, 0.15) is 12.2 Å². The molecule has 2 N–H and O–H groups in total. The van der Waals surface area contributed by atoms with E-state index >= 15 is 0 Å². The molecule has 1 atom stereocenters. The van der Waals surface area contributed by atoms with E-state index in [0.717, 1.165) is 18.8 Å². The highest BCUT2D eigenvalue weighted by Gasteiger charge is 2.34. The van der Waals surface area contributed by atoms with Gasteiger partial charge in [0.25, 0.3) is 0 Å². The number of carbonyl (C=O) groups excluding carboxylic acids is 1. The largest absolute Gasteiger partial charge is 0.469 e. The van der Waals surface area contributed by atoms with Crippen LogP contribution >= 0.6 is 0 Å². The van der Waals surface area contributed by atoms with Gasteiger partial charge >= 0.3 is 5.97 Å². The van der Waals surface area contributed by atoms with Crippen LogP contribution in [-0.2, 0) is 22.5 Å². The first-order valence-corrected chi connectivity index (χ1v) is 5.72. The second-order valence-corrected chi connectivity index (χ2v) is 4.33. The predicted octanol–water partition coefficient (Wildman–Crippen LogP) is 0.369. The lowest BCUT2D eigenvalue weighted by molar-refractivity contribution is -0.151. The number of carbonyl (C=O) groups is 1. The minimum atomic E-state index is -0.743. The van der Waals surface area contributed by atoms with Crippen molar-refractivity contribution in [2.45, 2.75) is 33.2 Å². The lowest BCUT2D eigenvalue weighted by Crippen LogP contribution is -2.39. The Kier molecular flexibility index (Phi) is 4.62. The molecule has 0 bridgehead atoms. The maximum absolute atomic E-state index is 11.7. The molecule has 1 heterocycles. The third-order valence-electron chi connectivity index (χ3n) is 2.81. The van der Waals surface area contributed by atoms with E-state index in [1.54, 1.807) is 11.6 Å². The summed E-state index contributed by atoms with van der Waals surface area (Å²) in [5.41, 5.74) is 4.92. The molecule has 0 radical (unpaired) electrons. The van der Waals surface area contributed by atoms with Crippen molar-refractivity contribution < 1.29 is 9.53 Å². The third-order valence-corrected chi connectivity index (χ3v) is 2.81. The van der Waals surface area contributed by atoms with Gasteiger partial charge in [0.15, 0.2) is 0 Å². The van der Waals surface area contributed by atoms with Crippen molar-refractivity contribution in [1.29, 1.82) is 0 Å². The summed E-state index contributed by atoms with van der Waals surface area (Å²) in [6.45, 7) is 4.85. The zero-order valence-electron chi connectivity index (χ0n) is 10.6. The van der Waals surface area contributed by atoms with Crippen LogP contribution in [0, 0.1) is 5.41 Å². The Bertz CT molecular complexity index is 377. The number of methoxy groups -OCH3 is 1. The monoisotopic (exact) mass is 240 g/mol. The van der Waals surface area contributed by atoms with Crippen LogP contribution in [0.4, 0.5) is 0 Å². The molecule has 96 valence electrons. The number of nitrogens with two attached hydrogens (primary N) is 1. The summed E-state index contributed by atoms with van der Waals surface area (Å²) in [7, 11) is 1.37. The summed E-state index contributed by atoms with van der Waals surface area (Å²) in [6.07, 6.45) is 2.91. The van der Waals surface area contributed by atoms with Gasteiger partial charge < -0.3 is 10.5 Å². The highest BCUT2D eigenvalue weighted by atomic mass is 16.5. The van der Waals surface area contributed by atoms with E-state index in [0.29, 0.717) is 6.42 Å². The van der Waals surface area contributed by atoms with E-state index < -0.39 is 5.41 Å². The number of esters is 1. The fourth-order valence-electron chi connectivity index (χ4n) is 1.65. The Morgan fingerprint density at radius 1 is 1.65 bits per heavy atom. The summed E-state index contributed by atoms with van der Waals surface area (Å²) in [6, 6.07) is 0. The molecule has 0 aliphatic heterocycles. The molecule has 0 amide bonds. The molecule has 1 rings (SSSR count). The highest BCUT2D eigenvalue weighted by molar-refractivity contribution is 5.76. The first-order chi connectivity index (χ1) is 8.07. The minimum absolute atomic E-state index is 0.221. The Balaban J connectivity index is 2.87. The van der Waals surface area contributed by atoms with Gasteiger partial charge in [-0.2, -0.15) is 5.10 Å². The molecule has 0 aliphatic carbocycles. The molecule has 6 nitrogen and oxygen atoms in total. The first-order valence-electron chi connectivity index (χ1n) is 5.72. The van der Waals surface area contributed by atoms with Crippen molar-refractivity contribution in [2.24, 2.45) is 11.1 Å². The molecule has 0 aliphatic rings. The van der Waals surface area contributed by atoms with Crippen LogP contribution in [0.1, 0.15) is 26.1 Å². The van der Waals surface area contributed by atoms with E-state index in [4.69, 9.17) is 10.5 Å². The standard InChI is InChI=1S/C11H20N4O2/c1-4-5-15-9(13-8-14-15)6-11(2,7-12)10(16)17-3/h8H,4-7,12H2,1-3H3. The van der Waals surface area contributed by atoms with Crippen molar-refractivity contribution in [2.75, 3.05) is 13.7 Å². The van der Waals surface area contributed by atoms with Crippen molar-refractivity contribution >= 4 is 5.97 Å². The van der Waals surface area contributed by atoms with Gasteiger partial charge in [-0.15, -0.1) is 0 Å². The summed E-state index contributed by atoms with van der Waals surface area (Å²) >= 11 is 0. The zero-order valence-corrected chi connectivity index (χ0v) is 10.6. The normalized spacial score (nSPS) is 14.4. The van der Waals surface area contributed by atoms with Crippen molar-refractivity contribution in [3.63, 3.8) is 0 Å². The average molecular weight is 240 g/mol. The highest BCUT2D eigenvalue weighted by Crippen LogP contribution is 2.22. The smallest absolute Gasteiger partial charge is 0.313 e. The molecule has 1 aromatic heterocycles. The van der Waals surface area contributed by atoms with E-state index in [1.807, 2.05) is 0 Å². The van der Waals surface area contributed by atoms with Gasteiger partial charge in [-0.25, -0.2) is 4.98 Å². The van der Waals surface area contributed by atoms with Crippen LogP contribution in [0.5, 0.6) is 0 Å². The summed E-state index contributed by atoms with van der Waals surface area (Å²) in [5.74, 6) is 0.455. The molecular formula is C11H20N4O2. The number of hydrogen-bond acceptors (Lipinski definition) is 5. The topological polar surface area (TPSA) is 83.0 Å². The maximum Gasteiger partial charge on any atom is 0.313 e.